The number of anilines is 1. The summed E-state index contributed by atoms with van der Waals surface area (Å²) in [5, 5.41) is 3.29. The Morgan fingerprint density at radius 3 is 2.50 bits per heavy atom. The van der Waals surface area contributed by atoms with Crippen molar-refractivity contribution < 1.29 is 21.7 Å². The van der Waals surface area contributed by atoms with Gasteiger partial charge in [-0.3, -0.25) is 0 Å². The number of nitrogens with zero attached hydrogens (tertiary/aromatic N) is 1. The highest BCUT2D eigenvalue weighted by Crippen LogP contribution is 2.33. The summed E-state index contributed by atoms with van der Waals surface area (Å²) in [6.07, 6.45) is 1.84. The number of sulfone groups is 1. The van der Waals surface area contributed by atoms with Gasteiger partial charge in [0.2, 0.25) is 5.88 Å². The lowest BCUT2D eigenvalue weighted by Crippen LogP contribution is -2.04. The number of nitrogens with two attached hydrogens (primary N) is 1. The van der Waals surface area contributed by atoms with Crippen molar-refractivity contribution in [2.24, 2.45) is 0 Å². The molecule has 2 rings (SSSR count). The van der Waals surface area contributed by atoms with Gasteiger partial charge in [0.15, 0.2) is 15.7 Å². The number of nitrogen functional groups attached to an aromatic ring is 1. The first-order chi connectivity index (χ1) is 8.32. The average Bonchev–Trinajstić information content (AvgIpc) is 2.63. The molecule has 0 aliphatic rings. The Bertz CT molecular complexity index is 710. The fourth-order valence-electron chi connectivity index (χ4n) is 1.50. The van der Waals surface area contributed by atoms with Gasteiger partial charge in [0, 0.05) is 6.26 Å². The van der Waals surface area contributed by atoms with Crippen molar-refractivity contribution in [2.75, 3.05) is 12.0 Å². The smallest absolute Gasteiger partial charge is 0.230 e. The van der Waals surface area contributed by atoms with Gasteiger partial charge in [0.05, 0.1) is 17.3 Å². The van der Waals surface area contributed by atoms with Gasteiger partial charge >= 0.3 is 0 Å². The number of rotatable bonds is 2. The molecule has 2 aromatic rings. The van der Waals surface area contributed by atoms with Gasteiger partial charge in [-0.2, -0.15) is 0 Å². The second-order valence-corrected chi connectivity index (χ2v) is 5.59. The molecular weight excluding hydrogens is 266 g/mol. The maximum atomic E-state index is 14.0. The lowest BCUT2D eigenvalue weighted by atomic mass is 10.1. The maximum absolute atomic E-state index is 14.0. The van der Waals surface area contributed by atoms with Crippen LogP contribution in [0.4, 0.5) is 14.7 Å². The highest BCUT2D eigenvalue weighted by Gasteiger charge is 2.23. The number of halogens is 2. The van der Waals surface area contributed by atoms with Crippen LogP contribution < -0.4 is 5.73 Å². The normalized spacial score (nSPS) is 11.7. The van der Waals surface area contributed by atoms with Crippen LogP contribution in [-0.2, 0) is 9.84 Å². The molecule has 1 heterocycles. The van der Waals surface area contributed by atoms with Crippen molar-refractivity contribution in [2.45, 2.75) is 4.90 Å². The van der Waals surface area contributed by atoms with Crippen LogP contribution in [0.2, 0.25) is 0 Å². The molecule has 0 saturated carbocycles. The molecule has 1 aromatic carbocycles. The summed E-state index contributed by atoms with van der Waals surface area (Å²) in [5.41, 5.74) is 4.66. The first kappa shape index (κ1) is 12.5. The van der Waals surface area contributed by atoms with Gasteiger partial charge in [-0.15, -0.1) is 0 Å². The van der Waals surface area contributed by atoms with Gasteiger partial charge in [0.25, 0.3) is 0 Å². The number of aromatic nitrogens is 1. The minimum absolute atomic E-state index is 0.129. The lowest BCUT2D eigenvalue weighted by molar-refractivity contribution is 0.436. The molecule has 0 aliphatic carbocycles. The van der Waals surface area contributed by atoms with E-state index >= 15 is 0 Å². The summed E-state index contributed by atoms with van der Waals surface area (Å²) in [6, 6.07) is 1.70. The molecule has 0 amide bonds. The first-order valence-electron chi connectivity index (χ1n) is 4.71. The molecular formula is C10H8F2N2O3S. The zero-order chi connectivity index (χ0) is 13.5. The zero-order valence-electron chi connectivity index (χ0n) is 9.15. The topological polar surface area (TPSA) is 86.2 Å². The Balaban J connectivity index is 2.80. The predicted octanol–water partition coefficient (Wildman–Crippen LogP) is 1.61. The molecule has 0 saturated heterocycles. The highest BCUT2D eigenvalue weighted by atomic mass is 32.2. The van der Waals surface area contributed by atoms with Crippen LogP contribution in [-0.4, -0.2) is 19.8 Å². The van der Waals surface area contributed by atoms with Crippen LogP contribution in [0.25, 0.3) is 11.1 Å². The van der Waals surface area contributed by atoms with Crippen LogP contribution in [0, 0.1) is 11.6 Å². The molecule has 0 radical (unpaired) electrons. The molecule has 0 aliphatic heterocycles. The van der Waals surface area contributed by atoms with Crippen LogP contribution in [0.15, 0.2) is 27.7 Å². The van der Waals surface area contributed by atoms with E-state index in [9.17, 15) is 17.2 Å². The Morgan fingerprint density at radius 1 is 1.33 bits per heavy atom. The number of hydrogen-bond acceptors (Lipinski definition) is 5. The Hall–Kier alpha value is -1.96. The molecule has 1 aromatic heterocycles. The van der Waals surface area contributed by atoms with Crippen molar-refractivity contribution >= 4 is 15.7 Å². The van der Waals surface area contributed by atoms with Crippen molar-refractivity contribution in [3.63, 3.8) is 0 Å². The minimum Gasteiger partial charge on any atom is -0.367 e. The molecule has 0 bridgehead atoms. The van der Waals surface area contributed by atoms with Crippen molar-refractivity contribution in [3.8, 4) is 11.1 Å². The van der Waals surface area contributed by atoms with Crippen molar-refractivity contribution in [1.29, 1.82) is 0 Å². The summed E-state index contributed by atoms with van der Waals surface area (Å²) in [6.45, 7) is 0. The Morgan fingerprint density at radius 2 is 2.00 bits per heavy atom. The molecule has 8 heteroatoms. The second kappa shape index (κ2) is 4.05. The molecule has 5 nitrogen and oxygen atoms in total. The van der Waals surface area contributed by atoms with E-state index in [0.717, 1.165) is 24.6 Å². The SMILES string of the molecule is CS(=O)(=O)c1ccc(F)c(-c2cnoc2N)c1F. The fourth-order valence-corrected chi connectivity index (χ4v) is 2.25. The van der Waals surface area contributed by atoms with E-state index in [1.807, 2.05) is 0 Å². The third kappa shape index (κ3) is 1.94. The van der Waals surface area contributed by atoms with E-state index in [4.69, 9.17) is 5.73 Å². The Labute approximate surface area is 101 Å². The van der Waals surface area contributed by atoms with E-state index in [1.54, 1.807) is 0 Å². The van der Waals surface area contributed by atoms with Gasteiger partial charge in [-0.05, 0) is 12.1 Å². The molecule has 18 heavy (non-hydrogen) atoms. The monoisotopic (exact) mass is 274 g/mol. The van der Waals surface area contributed by atoms with Gasteiger partial charge in [-0.1, -0.05) is 5.16 Å². The van der Waals surface area contributed by atoms with Crippen molar-refractivity contribution in [3.05, 3.63) is 30.0 Å². The summed E-state index contributed by atoms with van der Waals surface area (Å²) in [5.74, 6) is -2.46. The molecule has 0 unspecified atom stereocenters. The van der Waals surface area contributed by atoms with Gasteiger partial charge in [0.1, 0.15) is 10.7 Å². The van der Waals surface area contributed by atoms with Crippen LogP contribution in [0.5, 0.6) is 0 Å². The standard InChI is InChI=1S/C10H8F2N2O3S/c1-18(15,16)7-3-2-6(11)8(9(7)12)5-4-14-17-10(5)13/h2-4H,13H2,1H3. The average molecular weight is 274 g/mol. The summed E-state index contributed by atoms with van der Waals surface area (Å²) in [4.78, 5) is -0.612. The maximum Gasteiger partial charge on any atom is 0.230 e. The van der Waals surface area contributed by atoms with Gasteiger partial charge < -0.3 is 10.3 Å². The third-order valence-corrected chi connectivity index (χ3v) is 3.44. The lowest BCUT2D eigenvalue weighted by Gasteiger charge is -2.06. The fraction of sp³-hybridized carbons (Fsp3) is 0.100. The van der Waals surface area contributed by atoms with E-state index in [2.05, 4.69) is 9.68 Å². The van der Waals surface area contributed by atoms with E-state index in [0.29, 0.717) is 0 Å². The highest BCUT2D eigenvalue weighted by molar-refractivity contribution is 7.90. The molecule has 2 N–H and O–H groups in total. The van der Waals surface area contributed by atoms with E-state index < -0.39 is 31.9 Å². The minimum atomic E-state index is -3.81. The molecule has 0 fully saturated rings. The third-order valence-electron chi connectivity index (χ3n) is 2.32. The van der Waals surface area contributed by atoms with E-state index in [1.165, 1.54) is 0 Å². The van der Waals surface area contributed by atoms with Crippen LogP contribution in [0.1, 0.15) is 0 Å². The second-order valence-electron chi connectivity index (χ2n) is 3.61. The molecule has 96 valence electrons. The first-order valence-corrected chi connectivity index (χ1v) is 6.60. The van der Waals surface area contributed by atoms with Crippen molar-refractivity contribution in [1.82, 2.24) is 5.16 Å². The summed E-state index contributed by atoms with van der Waals surface area (Å²) < 4.78 is 54.8. The largest absolute Gasteiger partial charge is 0.367 e. The Kier molecular flexibility index (Phi) is 2.81. The number of benzene rings is 1. The molecule has 0 spiro atoms. The summed E-state index contributed by atoms with van der Waals surface area (Å²) >= 11 is 0. The van der Waals surface area contributed by atoms with Crippen LogP contribution in [0.3, 0.4) is 0 Å². The zero-order valence-corrected chi connectivity index (χ0v) is 9.96. The molecule has 0 atom stereocenters. The summed E-state index contributed by atoms with van der Waals surface area (Å²) in [7, 11) is -3.81. The van der Waals surface area contributed by atoms with Crippen LogP contribution >= 0.6 is 0 Å². The quantitative estimate of drug-likeness (QED) is 0.841. The number of hydrogen-bond donors (Lipinski definition) is 1. The predicted molar refractivity (Wildman–Crippen MR) is 59.4 cm³/mol. The van der Waals surface area contributed by atoms with E-state index in [-0.39, 0.29) is 11.4 Å². The van der Waals surface area contributed by atoms with Gasteiger partial charge in [-0.25, -0.2) is 17.2 Å².